The van der Waals surface area contributed by atoms with Gasteiger partial charge in [-0.1, -0.05) is 30.3 Å². The first-order chi connectivity index (χ1) is 15.1. The molecule has 1 aliphatic carbocycles. The molecule has 0 bridgehead atoms. The maximum atomic E-state index is 12.7. The van der Waals surface area contributed by atoms with Crippen molar-refractivity contribution in [3.05, 3.63) is 77.6 Å². The van der Waals surface area contributed by atoms with Crippen molar-refractivity contribution in [3.8, 4) is 11.4 Å². The van der Waals surface area contributed by atoms with Crippen LogP contribution in [0.15, 0.2) is 60.7 Å². The van der Waals surface area contributed by atoms with Crippen LogP contribution in [0.1, 0.15) is 40.5 Å². The van der Waals surface area contributed by atoms with Gasteiger partial charge in [-0.25, -0.2) is 9.48 Å². The minimum absolute atomic E-state index is 0.333. The first kappa shape index (κ1) is 20.7. The Hall–Kier alpha value is -3.61. The lowest BCUT2D eigenvalue weighted by atomic mass is 10.1. The Morgan fingerprint density at radius 2 is 1.84 bits per heavy atom. The summed E-state index contributed by atoms with van der Waals surface area (Å²) in [4.78, 5) is 24.8. The SMILES string of the molecule is COc1ccc(CCNC(=O)COC(=O)c2cc(C3CC3)nn2-c2ccccc2)cc1. The van der Waals surface area contributed by atoms with E-state index in [1.165, 1.54) is 0 Å². The Morgan fingerprint density at radius 1 is 1.10 bits per heavy atom. The number of amides is 1. The molecule has 4 rings (SSSR count). The molecule has 1 N–H and O–H groups in total. The third kappa shape index (κ3) is 5.31. The molecular weight excluding hydrogens is 394 g/mol. The van der Waals surface area contributed by atoms with Crippen LogP contribution in [0.2, 0.25) is 0 Å². The maximum Gasteiger partial charge on any atom is 0.357 e. The van der Waals surface area contributed by atoms with Gasteiger partial charge in [-0.15, -0.1) is 0 Å². The number of aromatic nitrogens is 2. The summed E-state index contributed by atoms with van der Waals surface area (Å²) in [5, 5.41) is 7.37. The summed E-state index contributed by atoms with van der Waals surface area (Å²) in [6.07, 6.45) is 2.84. The largest absolute Gasteiger partial charge is 0.497 e. The number of ether oxygens (including phenoxy) is 2. The van der Waals surface area contributed by atoms with Crippen molar-refractivity contribution in [3.63, 3.8) is 0 Å². The number of benzene rings is 2. The number of carbonyl (C=O) groups is 2. The van der Waals surface area contributed by atoms with E-state index < -0.39 is 5.97 Å². The molecule has 1 saturated carbocycles. The summed E-state index contributed by atoms with van der Waals surface area (Å²) in [6.45, 7) is 0.122. The van der Waals surface area contributed by atoms with Crippen LogP contribution < -0.4 is 10.1 Å². The zero-order chi connectivity index (χ0) is 21.6. The van der Waals surface area contributed by atoms with E-state index in [9.17, 15) is 9.59 Å². The van der Waals surface area contributed by atoms with Crippen LogP contribution in [0.5, 0.6) is 5.75 Å². The molecule has 160 valence electrons. The molecule has 1 aliphatic rings. The van der Waals surface area contributed by atoms with Gasteiger partial charge in [-0.3, -0.25) is 4.79 Å². The zero-order valence-electron chi connectivity index (χ0n) is 17.4. The summed E-state index contributed by atoms with van der Waals surface area (Å²) in [5.41, 5.74) is 3.08. The Kier molecular flexibility index (Phi) is 6.31. The van der Waals surface area contributed by atoms with Crippen molar-refractivity contribution in [2.75, 3.05) is 20.3 Å². The third-order valence-corrected chi connectivity index (χ3v) is 5.16. The molecule has 1 fully saturated rings. The lowest BCUT2D eigenvalue weighted by molar-refractivity contribution is -0.124. The zero-order valence-corrected chi connectivity index (χ0v) is 17.4. The van der Waals surface area contributed by atoms with E-state index in [1.54, 1.807) is 17.9 Å². The number of para-hydroxylation sites is 1. The van der Waals surface area contributed by atoms with Crippen LogP contribution in [0.3, 0.4) is 0 Å². The average molecular weight is 419 g/mol. The molecule has 0 unspecified atom stereocenters. The van der Waals surface area contributed by atoms with Gasteiger partial charge < -0.3 is 14.8 Å². The molecule has 7 heteroatoms. The lowest BCUT2D eigenvalue weighted by Crippen LogP contribution is -2.30. The Labute approximate surface area is 181 Å². The van der Waals surface area contributed by atoms with E-state index in [0.717, 1.165) is 35.5 Å². The van der Waals surface area contributed by atoms with Crippen molar-refractivity contribution in [1.82, 2.24) is 15.1 Å². The van der Waals surface area contributed by atoms with Gasteiger partial charge in [0, 0.05) is 12.5 Å². The van der Waals surface area contributed by atoms with E-state index in [4.69, 9.17) is 9.47 Å². The van der Waals surface area contributed by atoms with Crippen LogP contribution in [0, 0.1) is 0 Å². The average Bonchev–Trinajstić information content (AvgIpc) is 3.56. The molecular formula is C24H25N3O4. The second-order valence-corrected chi connectivity index (χ2v) is 7.50. The summed E-state index contributed by atoms with van der Waals surface area (Å²) in [7, 11) is 1.62. The molecule has 0 aliphatic heterocycles. The number of nitrogens with zero attached hydrogens (tertiary/aromatic N) is 2. The summed E-state index contributed by atoms with van der Waals surface area (Å²) in [6, 6.07) is 18.9. The molecule has 0 spiro atoms. The maximum absolute atomic E-state index is 12.7. The fourth-order valence-electron chi connectivity index (χ4n) is 3.28. The first-order valence-electron chi connectivity index (χ1n) is 10.4. The number of esters is 1. The molecule has 1 heterocycles. The minimum Gasteiger partial charge on any atom is -0.497 e. The molecule has 1 amide bonds. The van der Waals surface area contributed by atoms with Crippen molar-refractivity contribution in [1.29, 1.82) is 0 Å². The van der Waals surface area contributed by atoms with E-state index in [0.29, 0.717) is 24.6 Å². The molecule has 0 atom stereocenters. The van der Waals surface area contributed by atoms with Gasteiger partial charge in [-0.05, 0) is 55.2 Å². The summed E-state index contributed by atoms with van der Waals surface area (Å²) >= 11 is 0. The van der Waals surface area contributed by atoms with Gasteiger partial charge in [-0.2, -0.15) is 5.10 Å². The highest BCUT2D eigenvalue weighted by Crippen LogP contribution is 2.39. The monoisotopic (exact) mass is 419 g/mol. The molecule has 1 aromatic heterocycles. The van der Waals surface area contributed by atoms with Gasteiger partial charge in [0.15, 0.2) is 12.3 Å². The Morgan fingerprint density at radius 3 is 2.52 bits per heavy atom. The van der Waals surface area contributed by atoms with E-state index >= 15 is 0 Å². The fraction of sp³-hybridized carbons (Fsp3) is 0.292. The van der Waals surface area contributed by atoms with Crippen LogP contribution in [0.25, 0.3) is 5.69 Å². The fourth-order valence-corrected chi connectivity index (χ4v) is 3.28. The van der Waals surface area contributed by atoms with E-state index in [1.807, 2.05) is 54.6 Å². The molecule has 3 aromatic rings. The number of hydrogen-bond donors (Lipinski definition) is 1. The second kappa shape index (κ2) is 9.47. The molecule has 0 saturated heterocycles. The highest BCUT2D eigenvalue weighted by molar-refractivity contribution is 5.90. The quantitative estimate of drug-likeness (QED) is 0.538. The first-order valence-corrected chi connectivity index (χ1v) is 10.4. The number of rotatable bonds is 9. The number of hydrogen-bond acceptors (Lipinski definition) is 5. The van der Waals surface area contributed by atoms with Crippen molar-refractivity contribution < 1.29 is 19.1 Å². The predicted octanol–water partition coefficient (Wildman–Crippen LogP) is 3.27. The van der Waals surface area contributed by atoms with Crippen LogP contribution >= 0.6 is 0 Å². The molecule has 0 radical (unpaired) electrons. The van der Waals surface area contributed by atoms with Crippen LogP contribution in [0.4, 0.5) is 0 Å². The number of carbonyl (C=O) groups excluding carboxylic acids is 2. The van der Waals surface area contributed by atoms with E-state index in [-0.39, 0.29) is 12.5 Å². The summed E-state index contributed by atoms with van der Waals surface area (Å²) < 4.78 is 12.0. The minimum atomic E-state index is -0.562. The van der Waals surface area contributed by atoms with Gasteiger partial charge in [0.25, 0.3) is 5.91 Å². The second-order valence-electron chi connectivity index (χ2n) is 7.50. The Balaban J connectivity index is 1.31. The smallest absolute Gasteiger partial charge is 0.357 e. The molecule has 7 nitrogen and oxygen atoms in total. The molecule has 2 aromatic carbocycles. The van der Waals surface area contributed by atoms with Gasteiger partial charge in [0.1, 0.15) is 5.75 Å². The Bertz CT molecular complexity index is 1040. The van der Waals surface area contributed by atoms with Crippen molar-refractivity contribution in [2.24, 2.45) is 0 Å². The normalized spacial score (nSPS) is 12.9. The van der Waals surface area contributed by atoms with Crippen LogP contribution in [-0.4, -0.2) is 41.9 Å². The van der Waals surface area contributed by atoms with Crippen molar-refractivity contribution >= 4 is 11.9 Å². The van der Waals surface area contributed by atoms with Crippen molar-refractivity contribution in [2.45, 2.75) is 25.2 Å². The van der Waals surface area contributed by atoms with Gasteiger partial charge in [0.05, 0.1) is 18.5 Å². The van der Waals surface area contributed by atoms with Gasteiger partial charge in [0.2, 0.25) is 0 Å². The number of methoxy groups -OCH3 is 1. The molecule has 31 heavy (non-hydrogen) atoms. The van der Waals surface area contributed by atoms with E-state index in [2.05, 4.69) is 10.4 Å². The number of nitrogens with one attached hydrogen (secondary N) is 1. The van der Waals surface area contributed by atoms with Crippen LogP contribution in [-0.2, 0) is 16.0 Å². The standard InChI is InChI=1S/C24H25N3O4/c1-30-20-11-7-17(8-12-20)13-14-25-23(28)16-31-24(29)22-15-21(18-9-10-18)26-27(22)19-5-3-2-4-6-19/h2-8,11-12,15,18H,9-10,13-14,16H2,1H3,(H,25,28). The highest BCUT2D eigenvalue weighted by Gasteiger charge is 2.29. The topological polar surface area (TPSA) is 82.4 Å². The predicted molar refractivity (Wildman–Crippen MR) is 116 cm³/mol. The highest BCUT2D eigenvalue weighted by atomic mass is 16.5. The third-order valence-electron chi connectivity index (χ3n) is 5.16. The van der Waals surface area contributed by atoms with Gasteiger partial charge >= 0.3 is 5.97 Å². The lowest BCUT2D eigenvalue weighted by Gasteiger charge is -2.09. The summed E-state index contributed by atoms with van der Waals surface area (Å²) in [5.74, 6) is 0.292.